The Labute approximate surface area is 125 Å². The zero-order valence-electron chi connectivity index (χ0n) is 12.2. The van der Waals surface area contributed by atoms with Gasteiger partial charge >= 0.3 is 0 Å². The van der Waals surface area contributed by atoms with Crippen LogP contribution in [0.3, 0.4) is 0 Å². The van der Waals surface area contributed by atoms with Crippen LogP contribution in [-0.2, 0) is 10.0 Å². The quantitative estimate of drug-likeness (QED) is 0.914. The number of pyridine rings is 1. The lowest BCUT2D eigenvalue weighted by Gasteiger charge is -2.33. The highest BCUT2D eigenvalue weighted by molar-refractivity contribution is 7.89. The minimum Gasteiger partial charge on any atom is -0.314 e. The maximum Gasteiger partial charge on any atom is 0.244 e. The zero-order valence-corrected chi connectivity index (χ0v) is 13.0. The molecular weight excluding hydrogens is 286 g/mol. The summed E-state index contributed by atoms with van der Waals surface area (Å²) in [4.78, 5) is 4.68. The van der Waals surface area contributed by atoms with Crippen molar-refractivity contribution in [3.63, 3.8) is 0 Å². The fourth-order valence-corrected chi connectivity index (χ4v) is 4.63. The van der Waals surface area contributed by atoms with Gasteiger partial charge in [0.05, 0.1) is 10.4 Å². The average molecular weight is 305 g/mol. The molecule has 1 aromatic carbocycles. The molecule has 0 spiro atoms. The highest BCUT2D eigenvalue weighted by Gasteiger charge is 2.32. The number of hydrogen-bond donors (Lipinski definition) is 1. The molecule has 0 radical (unpaired) electrons. The van der Waals surface area contributed by atoms with Crippen LogP contribution >= 0.6 is 0 Å². The minimum atomic E-state index is -3.50. The molecule has 5 nitrogen and oxygen atoms in total. The Kier molecular flexibility index (Phi) is 3.69. The van der Waals surface area contributed by atoms with Gasteiger partial charge in [0, 0.05) is 37.3 Å². The van der Waals surface area contributed by atoms with E-state index in [-0.39, 0.29) is 6.04 Å². The standard InChI is InChI=1S/C15H19N3O2S/c1-11-5-6-14(13-4-3-7-17-15(11)13)21(19,20)18-9-8-16-10-12(18)2/h3-7,12,16H,8-10H2,1-2H3. The normalized spacial score (nSPS) is 20.8. The molecule has 2 heterocycles. The summed E-state index contributed by atoms with van der Waals surface area (Å²) in [7, 11) is -3.50. The van der Waals surface area contributed by atoms with E-state index < -0.39 is 10.0 Å². The number of aromatic nitrogens is 1. The smallest absolute Gasteiger partial charge is 0.244 e. The van der Waals surface area contributed by atoms with Crippen molar-refractivity contribution in [2.24, 2.45) is 0 Å². The lowest BCUT2D eigenvalue weighted by atomic mass is 10.1. The predicted octanol–water partition coefficient (Wildman–Crippen LogP) is 1.53. The summed E-state index contributed by atoms with van der Waals surface area (Å²) >= 11 is 0. The molecule has 1 aliphatic rings. The summed E-state index contributed by atoms with van der Waals surface area (Å²) in [5.41, 5.74) is 1.74. The fourth-order valence-electron chi connectivity index (χ4n) is 2.82. The highest BCUT2D eigenvalue weighted by Crippen LogP contribution is 2.28. The SMILES string of the molecule is Cc1ccc(S(=O)(=O)N2CCNCC2C)c2cccnc12. The van der Waals surface area contributed by atoms with E-state index in [2.05, 4.69) is 10.3 Å². The van der Waals surface area contributed by atoms with Crippen molar-refractivity contribution in [3.8, 4) is 0 Å². The summed E-state index contributed by atoms with van der Waals surface area (Å²) in [5.74, 6) is 0. The molecular formula is C15H19N3O2S. The molecule has 6 heteroatoms. The lowest BCUT2D eigenvalue weighted by Crippen LogP contribution is -2.52. The molecule has 1 unspecified atom stereocenters. The predicted molar refractivity (Wildman–Crippen MR) is 82.7 cm³/mol. The van der Waals surface area contributed by atoms with Crippen LogP contribution in [-0.4, -0.2) is 43.4 Å². The van der Waals surface area contributed by atoms with Gasteiger partial charge in [-0.05, 0) is 37.6 Å². The first-order chi connectivity index (χ1) is 10.0. The van der Waals surface area contributed by atoms with Crippen LogP contribution in [0.4, 0.5) is 0 Å². The van der Waals surface area contributed by atoms with Gasteiger partial charge in [0.1, 0.15) is 0 Å². The van der Waals surface area contributed by atoms with Crippen molar-refractivity contribution >= 4 is 20.9 Å². The van der Waals surface area contributed by atoms with Crippen LogP contribution in [0.5, 0.6) is 0 Å². The second-order valence-corrected chi connectivity index (χ2v) is 7.31. The largest absolute Gasteiger partial charge is 0.314 e. The van der Waals surface area contributed by atoms with Crippen molar-refractivity contribution in [2.45, 2.75) is 24.8 Å². The van der Waals surface area contributed by atoms with E-state index in [0.717, 1.165) is 11.1 Å². The summed E-state index contributed by atoms with van der Waals surface area (Å²) in [6.45, 7) is 5.74. The molecule has 1 fully saturated rings. The topological polar surface area (TPSA) is 62.3 Å². The van der Waals surface area contributed by atoms with Crippen LogP contribution in [0, 0.1) is 6.92 Å². The van der Waals surface area contributed by atoms with Gasteiger partial charge in [0.25, 0.3) is 0 Å². The van der Waals surface area contributed by atoms with Crippen LogP contribution in [0.2, 0.25) is 0 Å². The average Bonchev–Trinajstić information content (AvgIpc) is 2.48. The number of hydrogen-bond acceptors (Lipinski definition) is 4. The van der Waals surface area contributed by atoms with Crippen LogP contribution < -0.4 is 5.32 Å². The van der Waals surface area contributed by atoms with Crippen LogP contribution in [0.25, 0.3) is 10.9 Å². The molecule has 21 heavy (non-hydrogen) atoms. The van der Waals surface area contributed by atoms with Gasteiger partial charge in [-0.25, -0.2) is 8.42 Å². The highest BCUT2D eigenvalue weighted by atomic mass is 32.2. The lowest BCUT2D eigenvalue weighted by molar-refractivity contribution is 0.284. The molecule has 1 saturated heterocycles. The maximum atomic E-state index is 13.0. The summed E-state index contributed by atoms with van der Waals surface area (Å²) in [6.07, 6.45) is 1.69. The molecule has 0 amide bonds. The number of sulfonamides is 1. The van der Waals surface area contributed by atoms with Gasteiger partial charge in [-0.1, -0.05) is 6.07 Å². The Hall–Kier alpha value is -1.50. The van der Waals surface area contributed by atoms with Gasteiger partial charge in [-0.15, -0.1) is 0 Å². The van der Waals surface area contributed by atoms with E-state index in [4.69, 9.17) is 0 Å². The first-order valence-electron chi connectivity index (χ1n) is 7.08. The van der Waals surface area contributed by atoms with Crippen molar-refractivity contribution in [1.82, 2.24) is 14.6 Å². The molecule has 1 aliphatic heterocycles. The fraction of sp³-hybridized carbons (Fsp3) is 0.400. The van der Waals surface area contributed by atoms with E-state index in [9.17, 15) is 8.42 Å². The Morgan fingerprint density at radius 3 is 2.90 bits per heavy atom. The van der Waals surface area contributed by atoms with E-state index in [1.165, 1.54) is 0 Å². The summed E-state index contributed by atoms with van der Waals surface area (Å²) < 4.78 is 27.6. The van der Waals surface area contributed by atoms with Crippen molar-refractivity contribution in [1.29, 1.82) is 0 Å². The first kappa shape index (κ1) is 14.4. The second-order valence-electron chi connectivity index (χ2n) is 5.45. The molecule has 3 rings (SSSR count). The third kappa shape index (κ3) is 2.43. The Bertz CT molecular complexity index is 774. The van der Waals surface area contributed by atoms with Crippen molar-refractivity contribution in [3.05, 3.63) is 36.0 Å². The van der Waals surface area contributed by atoms with Crippen LogP contribution in [0.1, 0.15) is 12.5 Å². The Morgan fingerprint density at radius 2 is 2.14 bits per heavy atom. The molecule has 0 bridgehead atoms. The molecule has 2 aromatic rings. The van der Waals surface area contributed by atoms with E-state index >= 15 is 0 Å². The third-order valence-corrected chi connectivity index (χ3v) is 6.03. The molecule has 1 aromatic heterocycles. The Morgan fingerprint density at radius 1 is 1.33 bits per heavy atom. The number of piperazine rings is 1. The third-order valence-electron chi connectivity index (χ3n) is 3.96. The number of aryl methyl sites for hydroxylation is 1. The zero-order chi connectivity index (χ0) is 15.0. The van der Waals surface area contributed by atoms with Crippen LogP contribution in [0.15, 0.2) is 35.4 Å². The molecule has 112 valence electrons. The number of benzene rings is 1. The molecule has 1 atom stereocenters. The van der Waals surface area contributed by atoms with Gasteiger partial charge in [-0.3, -0.25) is 4.98 Å². The van der Waals surface area contributed by atoms with Crippen molar-refractivity contribution in [2.75, 3.05) is 19.6 Å². The van der Waals surface area contributed by atoms with E-state index in [1.807, 2.05) is 26.0 Å². The number of fused-ring (bicyclic) bond motifs is 1. The minimum absolute atomic E-state index is 0.0447. The molecule has 1 N–H and O–H groups in total. The summed E-state index contributed by atoms with van der Waals surface area (Å²) in [6, 6.07) is 7.09. The molecule has 0 aliphatic carbocycles. The van der Waals surface area contributed by atoms with Gasteiger partial charge in [0.2, 0.25) is 10.0 Å². The Balaban J connectivity index is 2.17. The van der Waals surface area contributed by atoms with E-state index in [1.54, 1.807) is 22.6 Å². The molecule has 0 saturated carbocycles. The first-order valence-corrected chi connectivity index (χ1v) is 8.53. The van der Waals surface area contributed by atoms with Gasteiger partial charge in [0.15, 0.2) is 0 Å². The van der Waals surface area contributed by atoms with E-state index in [0.29, 0.717) is 29.9 Å². The second kappa shape index (κ2) is 5.36. The van der Waals surface area contributed by atoms with Gasteiger partial charge < -0.3 is 5.32 Å². The summed E-state index contributed by atoms with van der Waals surface area (Å²) in [5, 5.41) is 3.91. The van der Waals surface area contributed by atoms with Gasteiger partial charge in [-0.2, -0.15) is 4.31 Å². The maximum absolute atomic E-state index is 13.0. The number of nitrogens with one attached hydrogen (secondary N) is 1. The number of nitrogens with zero attached hydrogens (tertiary/aromatic N) is 2. The monoisotopic (exact) mass is 305 g/mol. The number of rotatable bonds is 2. The van der Waals surface area contributed by atoms with Crippen molar-refractivity contribution < 1.29 is 8.42 Å².